The van der Waals surface area contributed by atoms with E-state index in [9.17, 15) is 10.1 Å². The molecule has 2 atom stereocenters. The van der Waals surface area contributed by atoms with Gasteiger partial charge in [0.2, 0.25) is 0 Å². The van der Waals surface area contributed by atoms with Gasteiger partial charge in [0.05, 0.1) is 17.6 Å². The Morgan fingerprint density at radius 1 is 1.43 bits per heavy atom. The summed E-state index contributed by atoms with van der Waals surface area (Å²) in [4.78, 5) is 10.6. The third kappa shape index (κ3) is 4.07. The molecule has 1 aliphatic rings. The summed E-state index contributed by atoms with van der Waals surface area (Å²) in [6, 6.07) is 5.29. The van der Waals surface area contributed by atoms with E-state index in [1.807, 2.05) is 6.92 Å². The van der Waals surface area contributed by atoms with E-state index in [0.717, 1.165) is 31.4 Å². The fourth-order valence-corrected chi connectivity index (χ4v) is 2.60. The molecule has 0 aliphatic heterocycles. The highest BCUT2D eigenvalue weighted by molar-refractivity contribution is 5.58. The maximum atomic E-state index is 11.0. The highest BCUT2D eigenvalue weighted by atomic mass is 16.6. The van der Waals surface area contributed by atoms with Crippen molar-refractivity contribution < 1.29 is 14.4 Å². The fraction of sp³-hybridized carbons (Fsp3) is 0.600. The lowest BCUT2D eigenvalue weighted by Gasteiger charge is -2.15. The number of rotatable bonds is 7. The molecule has 0 radical (unpaired) electrons. The molecule has 0 spiro atoms. The minimum Gasteiger partial charge on any atom is -0.487 e. The molecule has 0 bridgehead atoms. The smallest absolute Gasteiger partial charge is 0.311 e. The molecule has 0 saturated heterocycles. The Bertz CT molecular complexity index is 493. The molecule has 1 N–H and O–H groups in total. The Morgan fingerprint density at radius 3 is 2.86 bits per heavy atom. The van der Waals surface area contributed by atoms with Crippen LogP contribution in [0.3, 0.4) is 0 Å². The topological polar surface area (TPSA) is 73.6 Å². The predicted molar refractivity (Wildman–Crippen MR) is 80.9 cm³/mol. The van der Waals surface area contributed by atoms with E-state index in [0.29, 0.717) is 24.5 Å². The Hall–Kier alpha value is -1.82. The summed E-state index contributed by atoms with van der Waals surface area (Å²) in [5.74, 6) is 0.327. The Morgan fingerprint density at radius 2 is 2.24 bits per heavy atom. The molecule has 0 aromatic heterocycles. The summed E-state index contributed by atoms with van der Waals surface area (Å²) in [7, 11) is 1.73. The minimum atomic E-state index is -0.411. The first-order valence-electron chi connectivity index (χ1n) is 7.34. The van der Waals surface area contributed by atoms with Crippen LogP contribution < -0.4 is 10.1 Å². The van der Waals surface area contributed by atoms with Gasteiger partial charge < -0.3 is 14.8 Å². The van der Waals surface area contributed by atoms with Crippen molar-refractivity contribution in [2.24, 2.45) is 0 Å². The molecule has 1 saturated carbocycles. The summed E-state index contributed by atoms with van der Waals surface area (Å²) in [6.45, 7) is 2.44. The van der Waals surface area contributed by atoms with Gasteiger partial charge >= 0.3 is 5.69 Å². The molecule has 1 aliphatic carbocycles. The highest BCUT2D eigenvalue weighted by Crippen LogP contribution is 2.32. The van der Waals surface area contributed by atoms with Crippen LogP contribution in [0.15, 0.2) is 18.2 Å². The van der Waals surface area contributed by atoms with Gasteiger partial charge in [0, 0.05) is 31.0 Å². The van der Waals surface area contributed by atoms with E-state index in [4.69, 9.17) is 9.47 Å². The lowest BCUT2D eigenvalue weighted by Crippen LogP contribution is -2.17. The van der Waals surface area contributed by atoms with E-state index >= 15 is 0 Å². The van der Waals surface area contributed by atoms with Gasteiger partial charge in [-0.2, -0.15) is 0 Å². The standard InChI is InChI=1S/C15H22N2O4/c1-3-8-21-15-10-12(5-7-14(15)17(18)19)16-11-4-6-13(9-11)20-2/h5,7,10-11,13,16H,3-4,6,8-9H2,1-2H3. The van der Waals surface area contributed by atoms with Gasteiger partial charge in [0.15, 0.2) is 5.75 Å². The number of methoxy groups -OCH3 is 1. The molecule has 2 rings (SSSR count). The number of ether oxygens (including phenoxy) is 2. The van der Waals surface area contributed by atoms with Crippen LogP contribution in [0, 0.1) is 10.1 Å². The normalized spacial score (nSPS) is 21.2. The lowest BCUT2D eigenvalue weighted by atomic mass is 10.2. The van der Waals surface area contributed by atoms with E-state index < -0.39 is 4.92 Å². The van der Waals surface area contributed by atoms with Crippen LogP contribution in [0.4, 0.5) is 11.4 Å². The Kier molecular flexibility index (Phi) is 5.38. The number of nitro groups is 1. The van der Waals surface area contributed by atoms with E-state index in [2.05, 4.69) is 5.32 Å². The number of hydrogen-bond acceptors (Lipinski definition) is 5. The maximum absolute atomic E-state index is 11.0. The van der Waals surface area contributed by atoms with Crippen molar-refractivity contribution in [3.8, 4) is 5.75 Å². The number of nitro benzene ring substituents is 1. The van der Waals surface area contributed by atoms with E-state index in [1.165, 1.54) is 6.07 Å². The molecule has 1 fully saturated rings. The average Bonchev–Trinajstić information content (AvgIpc) is 2.92. The zero-order valence-corrected chi connectivity index (χ0v) is 12.5. The summed E-state index contributed by atoms with van der Waals surface area (Å²) in [6.07, 6.45) is 4.16. The second-order valence-electron chi connectivity index (χ2n) is 5.30. The molecule has 0 amide bonds. The van der Waals surface area contributed by atoms with Gasteiger partial charge in [-0.25, -0.2) is 0 Å². The first kappa shape index (κ1) is 15.6. The van der Waals surface area contributed by atoms with Crippen LogP contribution in [-0.4, -0.2) is 30.8 Å². The van der Waals surface area contributed by atoms with Crippen molar-refractivity contribution in [2.45, 2.75) is 44.8 Å². The molecule has 0 heterocycles. The van der Waals surface area contributed by atoms with Gasteiger partial charge in [-0.15, -0.1) is 0 Å². The fourth-order valence-electron chi connectivity index (χ4n) is 2.60. The van der Waals surface area contributed by atoms with Crippen molar-refractivity contribution in [1.82, 2.24) is 0 Å². The van der Waals surface area contributed by atoms with Crippen molar-refractivity contribution in [2.75, 3.05) is 19.0 Å². The van der Waals surface area contributed by atoms with Crippen LogP contribution in [0.5, 0.6) is 5.75 Å². The predicted octanol–water partition coefficient (Wildman–Crippen LogP) is 3.36. The zero-order valence-electron chi connectivity index (χ0n) is 12.5. The number of nitrogens with zero attached hydrogens (tertiary/aromatic N) is 1. The molecular formula is C15H22N2O4. The average molecular weight is 294 g/mol. The van der Waals surface area contributed by atoms with Gasteiger partial charge in [0.1, 0.15) is 0 Å². The molecule has 21 heavy (non-hydrogen) atoms. The summed E-state index contributed by atoms with van der Waals surface area (Å²) < 4.78 is 10.8. The molecule has 1 aromatic rings. The lowest BCUT2D eigenvalue weighted by molar-refractivity contribution is -0.385. The van der Waals surface area contributed by atoms with Gasteiger partial charge in [-0.1, -0.05) is 6.92 Å². The maximum Gasteiger partial charge on any atom is 0.311 e. The summed E-state index contributed by atoms with van der Waals surface area (Å²) in [5, 5.41) is 14.4. The largest absolute Gasteiger partial charge is 0.487 e. The van der Waals surface area contributed by atoms with Crippen molar-refractivity contribution in [3.05, 3.63) is 28.3 Å². The van der Waals surface area contributed by atoms with Crippen LogP contribution >= 0.6 is 0 Å². The van der Waals surface area contributed by atoms with Gasteiger partial charge in [0.25, 0.3) is 0 Å². The van der Waals surface area contributed by atoms with Gasteiger partial charge in [-0.05, 0) is 31.7 Å². The van der Waals surface area contributed by atoms with Crippen molar-refractivity contribution >= 4 is 11.4 Å². The molecule has 6 heteroatoms. The van der Waals surface area contributed by atoms with Crippen LogP contribution in [0.1, 0.15) is 32.6 Å². The SMILES string of the molecule is CCCOc1cc(NC2CCC(OC)C2)ccc1[N+](=O)[O-]. The van der Waals surface area contributed by atoms with E-state index in [1.54, 1.807) is 19.2 Å². The first-order valence-corrected chi connectivity index (χ1v) is 7.34. The molecular weight excluding hydrogens is 272 g/mol. The quantitative estimate of drug-likeness (QED) is 0.616. The number of benzene rings is 1. The molecule has 116 valence electrons. The van der Waals surface area contributed by atoms with Gasteiger partial charge in [-0.3, -0.25) is 10.1 Å². The molecule has 6 nitrogen and oxygen atoms in total. The Balaban J connectivity index is 2.08. The second-order valence-corrected chi connectivity index (χ2v) is 5.30. The van der Waals surface area contributed by atoms with Crippen LogP contribution in [0.2, 0.25) is 0 Å². The van der Waals surface area contributed by atoms with Crippen LogP contribution in [-0.2, 0) is 4.74 Å². The first-order chi connectivity index (χ1) is 10.1. The van der Waals surface area contributed by atoms with Crippen molar-refractivity contribution in [3.63, 3.8) is 0 Å². The number of hydrogen-bond donors (Lipinski definition) is 1. The van der Waals surface area contributed by atoms with Crippen molar-refractivity contribution in [1.29, 1.82) is 0 Å². The Labute approximate surface area is 124 Å². The number of anilines is 1. The molecule has 1 aromatic carbocycles. The molecule has 2 unspecified atom stereocenters. The highest BCUT2D eigenvalue weighted by Gasteiger charge is 2.25. The van der Waals surface area contributed by atoms with Crippen LogP contribution in [0.25, 0.3) is 0 Å². The minimum absolute atomic E-state index is 0.00944. The van der Waals surface area contributed by atoms with E-state index in [-0.39, 0.29) is 5.69 Å². The third-order valence-electron chi connectivity index (χ3n) is 3.71. The third-order valence-corrected chi connectivity index (χ3v) is 3.71. The second kappa shape index (κ2) is 7.26. The summed E-state index contributed by atoms with van der Waals surface area (Å²) >= 11 is 0. The summed E-state index contributed by atoms with van der Waals surface area (Å²) in [5.41, 5.74) is 0.864. The number of nitrogens with one attached hydrogen (secondary N) is 1. The zero-order chi connectivity index (χ0) is 15.2. The monoisotopic (exact) mass is 294 g/mol.